The Hall–Kier alpha value is -0.700. The fourth-order valence-electron chi connectivity index (χ4n) is 1.28. The van der Waals surface area contributed by atoms with Crippen LogP contribution in [-0.2, 0) is 0 Å². The molecule has 0 heterocycles. The molecule has 0 aromatic heterocycles. The molecule has 78 valence electrons. The molecule has 0 unspecified atom stereocenters. The van der Waals surface area contributed by atoms with Crippen LogP contribution in [0, 0.1) is 0 Å². The van der Waals surface area contributed by atoms with E-state index in [1.54, 1.807) is 14.2 Å². The molecule has 0 aliphatic heterocycles. The van der Waals surface area contributed by atoms with E-state index in [1.807, 2.05) is 12.1 Å². The van der Waals surface area contributed by atoms with Crippen LogP contribution in [0.1, 0.15) is 25.3 Å². The van der Waals surface area contributed by atoms with Crippen LogP contribution in [0.5, 0.6) is 11.5 Å². The molecule has 2 nitrogen and oxygen atoms in total. The normalized spacial score (nSPS) is 10.4. The first kappa shape index (κ1) is 11.4. The Bertz CT molecular complexity index is 321. The van der Waals surface area contributed by atoms with Crippen molar-refractivity contribution in [3.05, 3.63) is 22.2 Å². The number of halogens is 1. The van der Waals surface area contributed by atoms with Crippen molar-refractivity contribution in [2.24, 2.45) is 0 Å². The van der Waals surface area contributed by atoms with E-state index in [0.29, 0.717) is 5.92 Å². The van der Waals surface area contributed by atoms with Gasteiger partial charge in [-0.3, -0.25) is 0 Å². The molecule has 0 aliphatic carbocycles. The molecule has 1 aromatic carbocycles. The molecule has 0 saturated carbocycles. The minimum atomic E-state index is 0.438. The molecule has 1 rings (SSSR count). The van der Waals surface area contributed by atoms with Crippen molar-refractivity contribution < 1.29 is 9.47 Å². The SMILES string of the molecule is COc1cc(OC)c(Br)c(C(C)C)c1. The van der Waals surface area contributed by atoms with Crippen LogP contribution in [0.4, 0.5) is 0 Å². The average molecular weight is 259 g/mol. The number of benzene rings is 1. The molecule has 0 aliphatic rings. The first-order valence-electron chi connectivity index (χ1n) is 4.51. The predicted molar refractivity (Wildman–Crippen MR) is 61.3 cm³/mol. The lowest BCUT2D eigenvalue weighted by Crippen LogP contribution is -1.95. The van der Waals surface area contributed by atoms with Crippen LogP contribution < -0.4 is 9.47 Å². The van der Waals surface area contributed by atoms with Crippen molar-refractivity contribution >= 4 is 15.9 Å². The maximum atomic E-state index is 5.25. The monoisotopic (exact) mass is 258 g/mol. The lowest BCUT2D eigenvalue weighted by Gasteiger charge is -2.14. The lowest BCUT2D eigenvalue weighted by molar-refractivity contribution is 0.391. The second kappa shape index (κ2) is 4.69. The van der Waals surface area contributed by atoms with Gasteiger partial charge in [-0.2, -0.15) is 0 Å². The smallest absolute Gasteiger partial charge is 0.137 e. The highest BCUT2D eigenvalue weighted by Crippen LogP contribution is 2.36. The summed E-state index contributed by atoms with van der Waals surface area (Å²) in [4.78, 5) is 0. The number of methoxy groups -OCH3 is 2. The van der Waals surface area contributed by atoms with E-state index in [9.17, 15) is 0 Å². The fourth-order valence-corrected chi connectivity index (χ4v) is 2.13. The van der Waals surface area contributed by atoms with Crippen LogP contribution in [0.25, 0.3) is 0 Å². The van der Waals surface area contributed by atoms with Gasteiger partial charge in [0.25, 0.3) is 0 Å². The van der Waals surface area contributed by atoms with Gasteiger partial charge in [0, 0.05) is 6.07 Å². The highest BCUT2D eigenvalue weighted by Gasteiger charge is 2.12. The van der Waals surface area contributed by atoms with Crippen LogP contribution in [-0.4, -0.2) is 14.2 Å². The highest BCUT2D eigenvalue weighted by molar-refractivity contribution is 9.10. The zero-order valence-electron chi connectivity index (χ0n) is 8.93. The van der Waals surface area contributed by atoms with Crippen molar-refractivity contribution in [1.82, 2.24) is 0 Å². The minimum Gasteiger partial charge on any atom is -0.497 e. The van der Waals surface area contributed by atoms with Crippen molar-refractivity contribution in [3.63, 3.8) is 0 Å². The van der Waals surface area contributed by atoms with Crippen LogP contribution >= 0.6 is 15.9 Å². The van der Waals surface area contributed by atoms with E-state index in [-0.39, 0.29) is 0 Å². The molecule has 1 aromatic rings. The van der Waals surface area contributed by atoms with Gasteiger partial charge in [0.2, 0.25) is 0 Å². The summed E-state index contributed by atoms with van der Waals surface area (Å²) in [6, 6.07) is 3.90. The predicted octanol–water partition coefficient (Wildman–Crippen LogP) is 3.59. The molecule has 0 spiro atoms. The second-order valence-electron chi connectivity index (χ2n) is 3.39. The lowest BCUT2D eigenvalue weighted by atomic mass is 10.0. The maximum Gasteiger partial charge on any atom is 0.137 e. The topological polar surface area (TPSA) is 18.5 Å². The number of rotatable bonds is 3. The standard InChI is InChI=1S/C11H15BrO2/c1-7(2)9-5-8(13-3)6-10(14-4)11(9)12/h5-7H,1-4H3. The number of hydrogen-bond acceptors (Lipinski definition) is 2. The second-order valence-corrected chi connectivity index (χ2v) is 4.18. The van der Waals surface area contributed by atoms with Crippen molar-refractivity contribution in [1.29, 1.82) is 0 Å². The Balaban J connectivity index is 3.27. The third-order valence-corrected chi connectivity index (χ3v) is 2.97. The molecule has 0 amide bonds. The van der Waals surface area contributed by atoms with E-state index >= 15 is 0 Å². The molecule has 0 atom stereocenters. The summed E-state index contributed by atoms with van der Waals surface area (Å²) in [5.74, 6) is 2.08. The van der Waals surface area contributed by atoms with Crippen LogP contribution in [0.2, 0.25) is 0 Å². The molecule has 0 saturated heterocycles. The Kier molecular flexibility index (Phi) is 3.81. The summed E-state index contributed by atoms with van der Waals surface area (Å²) in [7, 11) is 3.32. The first-order valence-corrected chi connectivity index (χ1v) is 5.30. The van der Waals surface area contributed by atoms with Gasteiger partial charge in [0.05, 0.1) is 18.7 Å². The third kappa shape index (κ3) is 2.21. The third-order valence-electron chi connectivity index (χ3n) is 2.12. The van der Waals surface area contributed by atoms with Gasteiger partial charge < -0.3 is 9.47 Å². The molecule has 0 radical (unpaired) electrons. The minimum absolute atomic E-state index is 0.438. The van der Waals surface area contributed by atoms with Crippen molar-refractivity contribution in [3.8, 4) is 11.5 Å². The van der Waals surface area contributed by atoms with E-state index < -0.39 is 0 Å². The Labute approximate surface area is 93.4 Å². The molecule has 0 bridgehead atoms. The summed E-state index contributed by atoms with van der Waals surface area (Å²) in [6.45, 7) is 4.28. The van der Waals surface area contributed by atoms with Gasteiger partial charge in [-0.15, -0.1) is 0 Å². The van der Waals surface area contributed by atoms with E-state index in [1.165, 1.54) is 5.56 Å². The summed E-state index contributed by atoms with van der Waals surface area (Å²) < 4.78 is 11.5. The van der Waals surface area contributed by atoms with E-state index in [4.69, 9.17) is 9.47 Å². The van der Waals surface area contributed by atoms with Gasteiger partial charge in [0.1, 0.15) is 11.5 Å². The van der Waals surface area contributed by atoms with Gasteiger partial charge in [-0.05, 0) is 33.5 Å². The van der Waals surface area contributed by atoms with Crippen LogP contribution in [0.15, 0.2) is 16.6 Å². The zero-order valence-corrected chi connectivity index (χ0v) is 10.5. The molecule has 0 fully saturated rings. The quantitative estimate of drug-likeness (QED) is 0.825. The molecular weight excluding hydrogens is 244 g/mol. The zero-order chi connectivity index (χ0) is 10.7. The number of hydrogen-bond donors (Lipinski definition) is 0. The fraction of sp³-hybridized carbons (Fsp3) is 0.455. The van der Waals surface area contributed by atoms with Gasteiger partial charge in [-0.25, -0.2) is 0 Å². The van der Waals surface area contributed by atoms with Crippen LogP contribution in [0.3, 0.4) is 0 Å². The maximum absolute atomic E-state index is 5.25. The summed E-state index contributed by atoms with van der Waals surface area (Å²) in [6.07, 6.45) is 0. The van der Waals surface area contributed by atoms with Gasteiger partial charge >= 0.3 is 0 Å². The van der Waals surface area contributed by atoms with E-state index in [0.717, 1.165) is 16.0 Å². The Morgan fingerprint density at radius 2 is 1.79 bits per heavy atom. The molecular formula is C11H15BrO2. The van der Waals surface area contributed by atoms with Gasteiger partial charge in [-0.1, -0.05) is 13.8 Å². The summed E-state index contributed by atoms with van der Waals surface area (Å²) >= 11 is 3.52. The molecule has 3 heteroatoms. The molecule has 0 N–H and O–H groups in total. The Morgan fingerprint density at radius 3 is 2.21 bits per heavy atom. The average Bonchev–Trinajstić information content (AvgIpc) is 2.17. The first-order chi connectivity index (χ1) is 6.60. The van der Waals surface area contributed by atoms with Crippen molar-refractivity contribution in [2.45, 2.75) is 19.8 Å². The van der Waals surface area contributed by atoms with E-state index in [2.05, 4.69) is 29.8 Å². The van der Waals surface area contributed by atoms with Crippen molar-refractivity contribution in [2.75, 3.05) is 14.2 Å². The molecule has 14 heavy (non-hydrogen) atoms. The van der Waals surface area contributed by atoms with Gasteiger partial charge in [0.15, 0.2) is 0 Å². The Morgan fingerprint density at radius 1 is 1.14 bits per heavy atom. The summed E-state index contributed by atoms with van der Waals surface area (Å²) in [5.41, 5.74) is 1.20. The summed E-state index contributed by atoms with van der Waals surface area (Å²) in [5, 5.41) is 0. The largest absolute Gasteiger partial charge is 0.497 e. The highest BCUT2D eigenvalue weighted by atomic mass is 79.9. The number of ether oxygens (including phenoxy) is 2.